The fourth-order valence-electron chi connectivity index (χ4n) is 3.75. The van der Waals surface area contributed by atoms with Gasteiger partial charge in [-0.05, 0) is 55.0 Å². The van der Waals surface area contributed by atoms with Crippen molar-refractivity contribution in [3.05, 3.63) is 40.5 Å². The largest absolute Gasteiger partial charge is 0.497 e. The lowest BCUT2D eigenvalue weighted by molar-refractivity contribution is -0.116. The van der Waals surface area contributed by atoms with Crippen LogP contribution < -0.4 is 4.74 Å². The Morgan fingerprint density at radius 3 is 2.74 bits per heavy atom. The number of carbonyl (C=O) groups excluding carboxylic acids is 1. The molecule has 1 aromatic rings. The predicted octanol–water partition coefficient (Wildman–Crippen LogP) is 3.58. The lowest BCUT2D eigenvalue weighted by Gasteiger charge is -2.42. The van der Waals surface area contributed by atoms with Gasteiger partial charge in [0.15, 0.2) is 5.78 Å². The van der Waals surface area contributed by atoms with Gasteiger partial charge >= 0.3 is 0 Å². The first-order valence-electron chi connectivity index (χ1n) is 6.97. The number of ketones is 1. The molecule has 2 nitrogen and oxygen atoms in total. The van der Waals surface area contributed by atoms with Crippen LogP contribution in [-0.4, -0.2) is 12.9 Å². The highest BCUT2D eigenvalue weighted by molar-refractivity contribution is 5.97. The number of methoxy groups -OCH3 is 1. The van der Waals surface area contributed by atoms with Crippen molar-refractivity contribution in [3.63, 3.8) is 0 Å². The second-order valence-corrected chi connectivity index (χ2v) is 5.88. The standard InChI is InChI=1S/C17H20O2/c1-11-14-6-4-12-10-13(19-3)5-7-15(12)17(14,2)9-8-16(11)18/h5,7,10H,4,6,8-9H2,1-3H3/t17-/m1/s1. The zero-order valence-electron chi connectivity index (χ0n) is 11.9. The molecule has 2 heteroatoms. The topological polar surface area (TPSA) is 26.3 Å². The molecule has 0 aromatic heterocycles. The Morgan fingerprint density at radius 1 is 1.21 bits per heavy atom. The minimum absolute atomic E-state index is 0.0534. The number of aryl methyl sites for hydroxylation is 1. The molecule has 19 heavy (non-hydrogen) atoms. The minimum atomic E-state index is 0.0534. The van der Waals surface area contributed by atoms with Crippen molar-refractivity contribution in [3.8, 4) is 5.75 Å². The van der Waals surface area contributed by atoms with E-state index in [2.05, 4.69) is 19.1 Å². The van der Waals surface area contributed by atoms with E-state index in [0.717, 1.165) is 30.6 Å². The summed E-state index contributed by atoms with van der Waals surface area (Å²) in [6, 6.07) is 6.39. The minimum Gasteiger partial charge on any atom is -0.497 e. The third-order valence-electron chi connectivity index (χ3n) is 4.94. The maximum absolute atomic E-state index is 11.9. The summed E-state index contributed by atoms with van der Waals surface area (Å²) in [7, 11) is 1.71. The SMILES string of the molecule is COc1ccc2c(c1)CCC1=C(C)C(=O)CC[C@]12C. The molecule has 0 heterocycles. The van der Waals surface area contributed by atoms with E-state index in [-0.39, 0.29) is 5.41 Å². The summed E-state index contributed by atoms with van der Waals surface area (Å²) in [4.78, 5) is 11.9. The number of allylic oxidation sites excluding steroid dienone is 2. The number of carbonyl (C=O) groups is 1. The molecule has 100 valence electrons. The summed E-state index contributed by atoms with van der Waals surface area (Å²) in [5.41, 5.74) is 5.20. The van der Waals surface area contributed by atoms with Crippen molar-refractivity contribution in [2.75, 3.05) is 7.11 Å². The predicted molar refractivity (Wildman–Crippen MR) is 75.6 cm³/mol. The molecule has 0 spiro atoms. The first-order chi connectivity index (χ1) is 9.06. The summed E-state index contributed by atoms with van der Waals surface area (Å²) < 4.78 is 5.32. The van der Waals surface area contributed by atoms with Gasteiger partial charge in [-0.15, -0.1) is 0 Å². The Kier molecular flexibility index (Phi) is 2.77. The summed E-state index contributed by atoms with van der Waals surface area (Å²) in [5.74, 6) is 1.27. The average Bonchev–Trinajstić information content (AvgIpc) is 2.43. The van der Waals surface area contributed by atoms with E-state index >= 15 is 0 Å². The second-order valence-electron chi connectivity index (χ2n) is 5.88. The monoisotopic (exact) mass is 256 g/mol. The van der Waals surface area contributed by atoms with Crippen molar-refractivity contribution in [1.29, 1.82) is 0 Å². The highest BCUT2D eigenvalue weighted by atomic mass is 16.5. The summed E-state index contributed by atoms with van der Waals surface area (Å²) in [6.45, 7) is 4.30. The Bertz CT molecular complexity index is 583. The van der Waals surface area contributed by atoms with Gasteiger partial charge in [-0.2, -0.15) is 0 Å². The van der Waals surface area contributed by atoms with Crippen LogP contribution in [0.25, 0.3) is 0 Å². The second kappa shape index (κ2) is 4.22. The first kappa shape index (κ1) is 12.5. The molecule has 0 N–H and O–H groups in total. The van der Waals surface area contributed by atoms with Crippen molar-refractivity contribution in [2.45, 2.75) is 44.9 Å². The quantitative estimate of drug-likeness (QED) is 0.767. The van der Waals surface area contributed by atoms with Crippen LogP contribution in [0.15, 0.2) is 29.3 Å². The summed E-state index contributed by atoms with van der Waals surface area (Å²) in [6.07, 6.45) is 3.64. The number of hydrogen-bond acceptors (Lipinski definition) is 2. The van der Waals surface area contributed by atoms with E-state index in [0.29, 0.717) is 12.2 Å². The maximum atomic E-state index is 11.9. The third-order valence-corrected chi connectivity index (χ3v) is 4.94. The van der Waals surface area contributed by atoms with Crippen LogP contribution >= 0.6 is 0 Å². The Labute approximate surface area is 114 Å². The molecule has 0 unspecified atom stereocenters. The molecule has 0 amide bonds. The molecule has 3 rings (SSSR count). The highest BCUT2D eigenvalue weighted by Crippen LogP contribution is 2.48. The molecule has 0 aliphatic heterocycles. The van der Waals surface area contributed by atoms with E-state index in [1.807, 2.05) is 13.0 Å². The lowest BCUT2D eigenvalue weighted by Crippen LogP contribution is -2.36. The Hall–Kier alpha value is -1.57. The fraction of sp³-hybridized carbons (Fsp3) is 0.471. The van der Waals surface area contributed by atoms with E-state index in [1.54, 1.807) is 7.11 Å². The summed E-state index contributed by atoms with van der Waals surface area (Å²) in [5, 5.41) is 0. The van der Waals surface area contributed by atoms with Gasteiger partial charge < -0.3 is 4.74 Å². The van der Waals surface area contributed by atoms with Gasteiger partial charge in [0.25, 0.3) is 0 Å². The first-order valence-corrected chi connectivity index (χ1v) is 6.97. The molecular formula is C17H20O2. The van der Waals surface area contributed by atoms with Crippen LogP contribution in [0, 0.1) is 0 Å². The van der Waals surface area contributed by atoms with E-state index in [1.165, 1.54) is 16.7 Å². The number of benzene rings is 1. The molecule has 0 radical (unpaired) electrons. The van der Waals surface area contributed by atoms with Gasteiger partial charge in [-0.3, -0.25) is 4.79 Å². The smallest absolute Gasteiger partial charge is 0.158 e. The van der Waals surface area contributed by atoms with Crippen LogP contribution in [0.3, 0.4) is 0 Å². The van der Waals surface area contributed by atoms with Crippen LogP contribution in [0.2, 0.25) is 0 Å². The third kappa shape index (κ3) is 1.73. The average molecular weight is 256 g/mol. The van der Waals surface area contributed by atoms with Crippen LogP contribution in [0.4, 0.5) is 0 Å². The van der Waals surface area contributed by atoms with Gasteiger partial charge in [0, 0.05) is 11.8 Å². The fourth-order valence-corrected chi connectivity index (χ4v) is 3.75. The molecule has 0 saturated heterocycles. The number of ether oxygens (including phenoxy) is 1. The number of fused-ring (bicyclic) bond motifs is 3. The molecular weight excluding hydrogens is 236 g/mol. The zero-order chi connectivity index (χ0) is 13.6. The Balaban J connectivity index is 2.17. The number of Topliss-reactive ketones (excluding diaryl/α,β-unsaturated/α-hetero) is 1. The molecule has 0 fully saturated rings. The number of hydrogen-bond donors (Lipinski definition) is 0. The lowest BCUT2D eigenvalue weighted by atomic mass is 9.61. The summed E-state index contributed by atoms with van der Waals surface area (Å²) >= 11 is 0. The highest BCUT2D eigenvalue weighted by Gasteiger charge is 2.41. The van der Waals surface area contributed by atoms with Gasteiger partial charge in [-0.1, -0.05) is 18.6 Å². The number of rotatable bonds is 1. The Morgan fingerprint density at radius 2 is 2.00 bits per heavy atom. The van der Waals surface area contributed by atoms with Gasteiger partial charge in [0.1, 0.15) is 5.75 Å². The van der Waals surface area contributed by atoms with Crippen LogP contribution in [-0.2, 0) is 16.6 Å². The van der Waals surface area contributed by atoms with Crippen molar-refractivity contribution < 1.29 is 9.53 Å². The van der Waals surface area contributed by atoms with Crippen LogP contribution in [0.1, 0.15) is 44.2 Å². The molecule has 2 aliphatic rings. The molecule has 2 aliphatic carbocycles. The van der Waals surface area contributed by atoms with E-state index < -0.39 is 0 Å². The van der Waals surface area contributed by atoms with E-state index in [4.69, 9.17) is 4.74 Å². The van der Waals surface area contributed by atoms with Crippen molar-refractivity contribution >= 4 is 5.78 Å². The molecule has 1 atom stereocenters. The zero-order valence-corrected chi connectivity index (χ0v) is 11.9. The molecule has 1 aromatic carbocycles. The van der Waals surface area contributed by atoms with E-state index in [9.17, 15) is 4.79 Å². The van der Waals surface area contributed by atoms with Crippen molar-refractivity contribution in [1.82, 2.24) is 0 Å². The molecule has 0 bridgehead atoms. The molecule has 0 saturated carbocycles. The van der Waals surface area contributed by atoms with Crippen molar-refractivity contribution in [2.24, 2.45) is 0 Å². The van der Waals surface area contributed by atoms with Gasteiger partial charge in [0.05, 0.1) is 7.11 Å². The van der Waals surface area contributed by atoms with Gasteiger partial charge in [0.2, 0.25) is 0 Å². The normalized spacial score (nSPS) is 25.9. The maximum Gasteiger partial charge on any atom is 0.158 e. The van der Waals surface area contributed by atoms with Crippen LogP contribution in [0.5, 0.6) is 5.75 Å². The van der Waals surface area contributed by atoms with Gasteiger partial charge in [-0.25, -0.2) is 0 Å².